The third-order valence-corrected chi connectivity index (χ3v) is 2.71. The quantitative estimate of drug-likeness (QED) is 0.758. The minimum absolute atomic E-state index is 0.179. The Labute approximate surface area is 106 Å². The second-order valence-corrected chi connectivity index (χ2v) is 4.75. The van der Waals surface area contributed by atoms with Gasteiger partial charge in [0.2, 0.25) is 0 Å². The molecule has 0 aliphatic heterocycles. The maximum Gasteiger partial charge on any atom is 0.273 e. The minimum Gasteiger partial charge on any atom is -0.357 e. The third kappa shape index (κ3) is 3.23. The van der Waals surface area contributed by atoms with Crippen molar-refractivity contribution in [3.05, 3.63) is 35.8 Å². The van der Waals surface area contributed by atoms with Gasteiger partial charge in [-0.25, -0.2) is 0 Å². The van der Waals surface area contributed by atoms with Crippen LogP contribution in [0.3, 0.4) is 0 Å². The van der Waals surface area contributed by atoms with Crippen molar-refractivity contribution in [1.82, 2.24) is 15.2 Å². The number of aromatic nitrogens is 3. The number of nitrogens with zero attached hydrogens (tertiary/aromatic N) is 1. The number of nitrogens with one attached hydrogen (secondary N) is 3. The number of hydrogen-bond donors (Lipinski definition) is 3. The third-order valence-electron chi connectivity index (χ3n) is 2.71. The van der Waals surface area contributed by atoms with Crippen LogP contribution in [0, 0.1) is 5.92 Å². The van der Waals surface area contributed by atoms with Crippen molar-refractivity contribution in [3.8, 4) is 0 Å². The number of rotatable bonds is 5. The van der Waals surface area contributed by atoms with Gasteiger partial charge in [-0.15, -0.1) is 0 Å². The van der Waals surface area contributed by atoms with Crippen LogP contribution in [-0.2, 0) is 6.42 Å². The molecule has 0 aliphatic carbocycles. The fourth-order valence-electron chi connectivity index (χ4n) is 1.65. The maximum absolute atomic E-state index is 11.8. The molecule has 0 atom stereocenters. The predicted molar refractivity (Wildman–Crippen MR) is 70.5 cm³/mol. The van der Waals surface area contributed by atoms with Crippen LogP contribution in [-0.4, -0.2) is 21.1 Å². The number of carbonyl (C=O) groups is 1. The van der Waals surface area contributed by atoms with Crippen LogP contribution >= 0.6 is 0 Å². The highest BCUT2D eigenvalue weighted by molar-refractivity contribution is 6.02. The summed E-state index contributed by atoms with van der Waals surface area (Å²) in [6.07, 6.45) is 3.77. The first-order valence-corrected chi connectivity index (χ1v) is 6.14. The average molecular weight is 246 g/mol. The van der Waals surface area contributed by atoms with Gasteiger partial charge >= 0.3 is 0 Å². The molecular formula is C13H18N4O. The topological polar surface area (TPSA) is 73.6 Å². The van der Waals surface area contributed by atoms with Gasteiger partial charge < -0.3 is 10.3 Å². The molecular weight excluding hydrogens is 228 g/mol. The molecule has 3 N–H and O–H groups in total. The zero-order valence-corrected chi connectivity index (χ0v) is 10.7. The zero-order chi connectivity index (χ0) is 13.0. The van der Waals surface area contributed by atoms with Crippen molar-refractivity contribution in [2.45, 2.75) is 26.7 Å². The zero-order valence-electron chi connectivity index (χ0n) is 10.7. The normalized spacial score (nSPS) is 10.8. The molecule has 5 heteroatoms. The molecule has 0 radical (unpaired) electrons. The van der Waals surface area contributed by atoms with Crippen LogP contribution in [0.1, 0.15) is 36.5 Å². The molecule has 0 saturated heterocycles. The number of aromatic amines is 2. The molecule has 2 rings (SSSR count). The van der Waals surface area contributed by atoms with E-state index in [9.17, 15) is 4.79 Å². The Hall–Kier alpha value is -2.04. The van der Waals surface area contributed by atoms with E-state index in [1.54, 1.807) is 18.3 Å². The number of H-pyrrole nitrogens is 2. The molecule has 5 nitrogen and oxygen atoms in total. The Morgan fingerprint density at radius 2 is 2.33 bits per heavy atom. The molecule has 0 unspecified atom stereocenters. The lowest BCUT2D eigenvalue weighted by atomic mass is 10.1. The van der Waals surface area contributed by atoms with Crippen molar-refractivity contribution in [1.29, 1.82) is 0 Å². The number of carbonyl (C=O) groups excluding carboxylic acids is 1. The maximum atomic E-state index is 11.8. The van der Waals surface area contributed by atoms with Crippen LogP contribution in [0.25, 0.3) is 0 Å². The smallest absolute Gasteiger partial charge is 0.273 e. The lowest BCUT2D eigenvalue weighted by Crippen LogP contribution is -2.12. The van der Waals surface area contributed by atoms with Crippen LogP contribution in [0.4, 0.5) is 5.82 Å². The summed E-state index contributed by atoms with van der Waals surface area (Å²) in [5, 5.41) is 9.75. The van der Waals surface area contributed by atoms with Crippen LogP contribution in [0.2, 0.25) is 0 Å². The van der Waals surface area contributed by atoms with E-state index in [0.717, 1.165) is 18.5 Å². The van der Waals surface area contributed by atoms with Gasteiger partial charge in [-0.1, -0.05) is 13.8 Å². The summed E-state index contributed by atoms with van der Waals surface area (Å²) < 4.78 is 0. The summed E-state index contributed by atoms with van der Waals surface area (Å²) in [6.45, 7) is 4.37. The number of amides is 1. The van der Waals surface area contributed by atoms with Gasteiger partial charge in [-0.05, 0) is 30.9 Å². The SMILES string of the molecule is CC(C)CCc1cc(NC(=O)c2ccc[nH]2)n[nH]1. The summed E-state index contributed by atoms with van der Waals surface area (Å²) >= 11 is 0. The first-order chi connectivity index (χ1) is 8.65. The molecule has 0 spiro atoms. The summed E-state index contributed by atoms with van der Waals surface area (Å²) in [5.41, 5.74) is 1.58. The van der Waals surface area contributed by atoms with Gasteiger partial charge in [0.05, 0.1) is 0 Å². The second-order valence-electron chi connectivity index (χ2n) is 4.75. The lowest BCUT2D eigenvalue weighted by molar-refractivity contribution is 0.102. The van der Waals surface area contributed by atoms with Gasteiger partial charge in [0.25, 0.3) is 5.91 Å². The predicted octanol–water partition coefficient (Wildman–Crippen LogP) is 2.58. The molecule has 96 valence electrons. The minimum atomic E-state index is -0.179. The summed E-state index contributed by atoms with van der Waals surface area (Å²) in [7, 11) is 0. The summed E-state index contributed by atoms with van der Waals surface area (Å²) in [4.78, 5) is 14.6. The Morgan fingerprint density at radius 1 is 1.50 bits per heavy atom. The molecule has 2 aromatic rings. The standard InChI is InChI=1S/C13H18N4O/c1-9(2)5-6-10-8-12(17-16-10)15-13(18)11-4-3-7-14-11/h3-4,7-9,14H,5-6H2,1-2H3,(H2,15,16,17,18). The molecule has 2 aromatic heterocycles. The summed E-state index contributed by atoms with van der Waals surface area (Å²) in [5.74, 6) is 1.04. The van der Waals surface area contributed by atoms with Gasteiger partial charge in [-0.2, -0.15) is 5.10 Å². The van der Waals surface area contributed by atoms with E-state index < -0.39 is 0 Å². The molecule has 1 amide bonds. The fourth-order valence-corrected chi connectivity index (χ4v) is 1.65. The first-order valence-electron chi connectivity index (χ1n) is 6.14. The van der Waals surface area contributed by atoms with Gasteiger partial charge in [0, 0.05) is 18.0 Å². The van der Waals surface area contributed by atoms with Crippen LogP contribution in [0.5, 0.6) is 0 Å². The van der Waals surface area contributed by atoms with Crippen molar-refractivity contribution < 1.29 is 4.79 Å². The van der Waals surface area contributed by atoms with E-state index in [2.05, 4.69) is 34.3 Å². The van der Waals surface area contributed by atoms with Gasteiger partial charge in [0.1, 0.15) is 5.69 Å². The second kappa shape index (κ2) is 5.53. The highest BCUT2D eigenvalue weighted by Crippen LogP contribution is 2.11. The van der Waals surface area contributed by atoms with Gasteiger partial charge in [-0.3, -0.25) is 9.89 Å². The van der Waals surface area contributed by atoms with Crippen molar-refractivity contribution in [3.63, 3.8) is 0 Å². The number of aryl methyl sites for hydroxylation is 1. The molecule has 0 bridgehead atoms. The van der Waals surface area contributed by atoms with Crippen LogP contribution < -0.4 is 5.32 Å². The van der Waals surface area contributed by atoms with Crippen molar-refractivity contribution in [2.24, 2.45) is 5.92 Å². The monoisotopic (exact) mass is 246 g/mol. The van der Waals surface area contributed by atoms with Crippen molar-refractivity contribution in [2.75, 3.05) is 5.32 Å². The van der Waals surface area contributed by atoms with E-state index in [-0.39, 0.29) is 5.91 Å². The summed E-state index contributed by atoms with van der Waals surface area (Å²) in [6, 6.07) is 5.39. The van der Waals surface area contributed by atoms with E-state index in [1.807, 2.05) is 6.07 Å². The average Bonchev–Trinajstić information content (AvgIpc) is 2.97. The van der Waals surface area contributed by atoms with E-state index >= 15 is 0 Å². The molecule has 0 fully saturated rings. The number of anilines is 1. The first kappa shape index (κ1) is 12.4. The highest BCUT2D eigenvalue weighted by atomic mass is 16.1. The van der Waals surface area contributed by atoms with E-state index in [1.165, 1.54) is 0 Å². The fraction of sp³-hybridized carbons (Fsp3) is 0.385. The van der Waals surface area contributed by atoms with E-state index in [0.29, 0.717) is 17.4 Å². The molecule has 0 aliphatic rings. The van der Waals surface area contributed by atoms with Gasteiger partial charge in [0.15, 0.2) is 5.82 Å². The Morgan fingerprint density at radius 3 is 3.00 bits per heavy atom. The van der Waals surface area contributed by atoms with E-state index in [4.69, 9.17) is 0 Å². The highest BCUT2D eigenvalue weighted by Gasteiger charge is 2.09. The molecule has 2 heterocycles. The number of hydrogen-bond acceptors (Lipinski definition) is 2. The molecule has 18 heavy (non-hydrogen) atoms. The Bertz CT molecular complexity index is 499. The van der Waals surface area contributed by atoms with Crippen molar-refractivity contribution >= 4 is 11.7 Å². The Kier molecular flexibility index (Phi) is 3.82. The molecule has 0 aromatic carbocycles. The Balaban J connectivity index is 1.92. The molecule has 0 saturated carbocycles. The lowest BCUT2D eigenvalue weighted by Gasteiger charge is -2.00. The largest absolute Gasteiger partial charge is 0.357 e. The van der Waals surface area contributed by atoms with Crippen LogP contribution in [0.15, 0.2) is 24.4 Å².